The maximum atomic E-state index is 13.6. The van der Waals surface area contributed by atoms with E-state index in [1.165, 1.54) is 16.9 Å². The van der Waals surface area contributed by atoms with E-state index in [1.54, 1.807) is 54.7 Å². The molecule has 3 N–H and O–H groups in total. The fraction of sp³-hybridized carbons (Fsp3) is 0.179. The number of carbonyl (C=O) groups is 3. The van der Waals surface area contributed by atoms with Gasteiger partial charge in [0, 0.05) is 38.4 Å². The van der Waals surface area contributed by atoms with E-state index in [4.69, 9.17) is 5.73 Å². The number of amides is 2. The molecule has 1 aliphatic heterocycles. The van der Waals surface area contributed by atoms with Crippen molar-refractivity contribution >= 4 is 17.6 Å². The number of rotatable bonds is 9. The molecule has 0 spiro atoms. The van der Waals surface area contributed by atoms with Gasteiger partial charge in [-0.3, -0.25) is 19.3 Å². The van der Waals surface area contributed by atoms with Crippen LogP contribution in [0.4, 0.5) is 4.39 Å². The molecule has 1 atom stereocenters. The highest BCUT2D eigenvalue weighted by atomic mass is 19.1. The van der Waals surface area contributed by atoms with E-state index in [2.05, 4.69) is 20.3 Å². The van der Waals surface area contributed by atoms with Crippen LogP contribution in [0.1, 0.15) is 32.7 Å². The van der Waals surface area contributed by atoms with Crippen molar-refractivity contribution in [2.75, 3.05) is 0 Å². The Hall–Kier alpha value is -4.70. The molecule has 38 heavy (non-hydrogen) atoms. The molecule has 0 fully saturated rings. The lowest BCUT2D eigenvalue weighted by molar-refractivity contribution is -0.137. The van der Waals surface area contributed by atoms with Gasteiger partial charge in [0.25, 0.3) is 11.8 Å². The highest BCUT2D eigenvalue weighted by molar-refractivity contribution is 6.38. The smallest absolute Gasteiger partial charge is 0.287 e. The molecule has 2 aromatic carbocycles. The van der Waals surface area contributed by atoms with E-state index in [0.717, 1.165) is 22.4 Å². The largest absolute Gasteiger partial charge is 0.363 e. The first-order valence-corrected chi connectivity index (χ1v) is 12.1. The molecule has 9 nitrogen and oxygen atoms in total. The molecule has 2 aromatic heterocycles. The molecule has 0 saturated heterocycles. The van der Waals surface area contributed by atoms with Gasteiger partial charge >= 0.3 is 0 Å². The van der Waals surface area contributed by atoms with Gasteiger partial charge in [-0.1, -0.05) is 36.4 Å². The van der Waals surface area contributed by atoms with Gasteiger partial charge in [0.15, 0.2) is 5.82 Å². The number of aromatic nitrogens is 3. The average Bonchev–Trinajstić information content (AvgIpc) is 3.54. The number of ketones is 1. The van der Waals surface area contributed by atoms with Crippen molar-refractivity contribution in [2.24, 2.45) is 5.73 Å². The maximum absolute atomic E-state index is 13.6. The van der Waals surface area contributed by atoms with Crippen molar-refractivity contribution < 1.29 is 18.8 Å². The Morgan fingerprint density at radius 3 is 2.58 bits per heavy atom. The van der Waals surface area contributed by atoms with Crippen molar-refractivity contribution in [3.05, 3.63) is 113 Å². The highest BCUT2D eigenvalue weighted by Gasteiger charge is 2.27. The van der Waals surface area contributed by atoms with Crippen LogP contribution in [0.25, 0.3) is 5.82 Å². The zero-order chi connectivity index (χ0) is 26.6. The second kappa shape index (κ2) is 10.7. The summed E-state index contributed by atoms with van der Waals surface area (Å²) in [5.74, 6) is -2.58. The molecule has 10 heteroatoms. The number of benzene rings is 2. The number of hydrogen-bond acceptors (Lipinski definition) is 6. The maximum Gasteiger partial charge on any atom is 0.287 e. The fourth-order valence-electron chi connectivity index (χ4n) is 4.56. The van der Waals surface area contributed by atoms with Gasteiger partial charge in [0.1, 0.15) is 11.9 Å². The molecule has 1 unspecified atom stereocenters. The molecule has 3 heterocycles. The Labute approximate surface area is 218 Å². The molecular weight excluding hydrogens is 487 g/mol. The van der Waals surface area contributed by atoms with Crippen LogP contribution in [0.3, 0.4) is 0 Å². The minimum absolute atomic E-state index is 0.109. The molecule has 0 bridgehead atoms. The number of nitrogens with two attached hydrogens (primary N) is 1. The van der Waals surface area contributed by atoms with Gasteiger partial charge in [-0.25, -0.2) is 14.1 Å². The molecule has 0 radical (unpaired) electrons. The lowest BCUT2D eigenvalue weighted by atomic mass is 10.0. The van der Waals surface area contributed by atoms with E-state index >= 15 is 0 Å². The van der Waals surface area contributed by atoms with Crippen LogP contribution < -0.4 is 11.1 Å². The van der Waals surface area contributed by atoms with Gasteiger partial charge in [0.05, 0.1) is 11.3 Å². The lowest BCUT2D eigenvalue weighted by Gasteiger charge is -2.17. The molecule has 2 amide bonds. The number of nitrogens with one attached hydrogen (secondary N) is 1. The second-order valence-electron chi connectivity index (χ2n) is 9.13. The first-order valence-electron chi connectivity index (χ1n) is 12.1. The van der Waals surface area contributed by atoms with Crippen LogP contribution >= 0.6 is 0 Å². The summed E-state index contributed by atoms with van der Waals surface area (Å²) >= 11 is 0. The monoisotopic (exact) mass is 512 g/mol. The minimum Gasteiger partial charge on any atom is -0.363 e. The topological polar surface area (TPSA) is 123 Å². The summed E-state index contributed by atoms with van der Waals surface area (Å²) in [6.45, 7) is 1.84. The zero-order valence-corrected chi connectivity index (χ0v) is 20.4. The number of hydrogen-bond donors (Lipinski definition) is 2. The van der Waals surface area contributed by atoms with Crippen molar-refractivity contribution in [1.82, 2.24) is 25.0 Å². The fourth-order valence-corrected chi connectivity index (χ4v) is 4.56. The summed E-state index contributed by atoms with van der Waals surface area (Å²) in [6, 6.07) is 17.7. The summed E-state index contributed by atoms with van der Waals surface area (Å²) in [6.07, 6.45) is 3.35. The average molecular weight is 513 g/mol. The van der Waals surface area contributed by atoms with Gasteiger partial charge in [-0.2, -0.15) is 5.10 Å². The molecule has 0 aliphatic carbocycles. The first-order chi connectivity index (χ1) is 18.4. The third-order valence-corrected chi connectivity index (χ3v) is 6.38. The van der Waals surface area contributed by atoms with E-state index < -0.39 is 23.6 Å². The Morgan fingerprint density at radius 1 is 1.00 bits per heavy atom. The molecule has 0 saturated carbocycles. The number of fused-ring (bicyclic) bond motifs is 1. The second-order valence-corrected chi connectivity index (χ2v) is 9.13. The van der Waals surface area contributed by atoms with Gasteiger partial charge in [0.2, 0.25) is 5.78 Å². The van der Waals surface area contributed by atoms with Crippen molar-refractivity contribution in [1.29, 1.82) is 0 Å². The van der Waals surface area contributed by atoms with Crippen LogP contribution in [0.5, 0.6) is 0 Å². The van der Waals surface area contributed by atoms with Crippen LogP contribution in [-0.4, -0.2) is 43.3 Å². The van der Waals surface area contributed by atoms with Crippen molar-refractivity contribution in [3.8, 4) is 5.82 Å². The minimum atomic E-state index is -1.13. The summed E-state index contributed by atoms with van der Waals surface area (Å²) in [5, 5.41) is 7.24. The third kappa shape index (κ3) is 5.50. The highest BCUT2D eigenvalue weighted by Crippen LogP contribution is 2.25. The Kier molecular flexibility index (Phi) is 7.05. The summed E-state index contributed by atoms with van der Waals surface area (Å²) in [5.41, 5.74) is 8.99. The number of nitrogens with zero attached hydrogens (tertiary/aromatic N) is 4. The molecule has 192 valence electrons. The standard InChI is InChI=1S/C28H25FN6O3/c29-21-9-8-19-15-34(16-20(19)14-21)17-22-10-12-35(33-22)27-23(7-4-11-31-27)28(38)32-24(25(36)26(30)37)13-18-5-2-1-3-6-18/h1-12,14,24H,13,15-17H2,(H2,30,37)(H,32,38). The third-order valence-electron chi connectivity index (χ3n) is 6.38. The van der Waals surface area contributed by atoms with Crippen LogP contribution in [0, 0.1) is 5.82 Å². The molecule has 5 rings (SSSR count). The molecular formula is C28H25FN6O3. The number of halogens is 1. The van der Waals surface area contributed by atoms with E-state index in [-0.39, 0.29) is 23.6 Å². The van der Waals surface area contributed by atoms with Crippen molar-refractivity contribution in [3.63, 3.8) is 0 Å². The normalized spacial score (nSPS) is 13.6. The van der Waals surface area contributed by atoms with E-state index in [9.17, 15) is 18.8 Å². The quantitative estimate of drug-likeness (QED) is 0.332. The first kappa shape index (κ1) is 25.0. The number of primary amides is 1. The summed E-state index contributed by atoms with van der Waals surface area (Å²) in [4.78, 5) is 43.9. The predicted octanol–water partition coefficient (Wildman–Crippen LogP) is 2.32. The summed E-state index contributed by atoms with van der Waals surface area (Å²) < 4.78 is 15.1. The van der Waals surface area contributed by atoms with Crippen LogP contribution in [-0.2, 0) is 35.6 Å². The van der Waals surface area contributed by atoms with Gasteiger partial charge in [-0.15, -0.1) is 0 Å². The molecule has 4 aromatic rings. The van der Waals surface area contributed by atoms with Gasteiger partial charge < -0.3 is 11.1 Å². The van der Waals surface area contributed by atoms with Crippen LogP contribution in [0.2, 0.25) is 0 Å². The van der Waals surface area contributed by atoms with E-state index in [0.29, 0.717) is 19.6 Å². The Bertz CT molecular complexity index is 1500. The lowest BCUT2D eigenvalue weighted by Crippen LogP contribution is -2.47. The SMILES string of the molecule is NC(=O)C(=O)C(Cc1ccccc1)NC(=O)c1cccnc1-n1ccc(CN2Cc3ccc(F)cc3C2)n1. The molecule has 1 aliphatic rings. The van der Waals surface area contributed by atoms with E-state index in [1.807, 2.05) is 12.1 Å². The zero-order valence-electron chi connectivity index (χ0n) is 20.4. The van der Waals surface area contributed by atoms with Crippen molar-refractivity contribution in [2.45, 2.75) is 32.1 Å². The van der Waals surface area contributed by atoms with Crippen LogP contribution in [0.15, 0.2) is 79.1 Å². The number of Topliss-reactive ketones (excluding diaryl/α,β-unsaturated/α-hetero) is 1. The Morgan fingerprint density at radius 2 is 1.79 bits per heavy atom. The number of carbonyl (C=O) groups excluding carboxylic acids is 3. The van der Waals surface area contributed by atoms with Gasteiger partial charge in [-0.05, 0) is 47.0 Å². The summed E-state index contributed by atoms with van der Waals surface area (Å²) in [7, 11) is 0. The predicted molar refractivity (Wildman–Crippen MR) is 136 cm³/mol. The Balaban J connectivity index is 1.32. The number of pyridine rings is 1.